The van der Waals surface area contributed by atoms with Crippen LogP contribution in [-0.4, -0.2) is 37.0 Å². The van der Waals surface area contributed by atoms with Crippen LogP contribution in [0.25, 0.3) is 0 Å². The number of hydrogen-bond acceptors (Lipinski definition) is 5. The first-order valence-corrected chi connectivity index (χ1v) is 8.02. The second-order valence-corrected chi connectivity index (χ2v) is 5.73. The summed E-state index contributed by atoms with van der Waals surface area (Å²) in [7, 11) is 1.67. The molecule has 0 aromatic heterocycles. The van der Waals surface area contributed by atoms with Gasteiger partial charge in [-0.3, -0.25) is 0 Å². The molecule has 0 spiro atoms. The molecule has 1 aliphatic rings. The maximum atomic E-state index is 12.2. The number of benzene rings is 1. The van der Waals surface area contributed by atoms with Gasteiger partial charge < -0.3 is 26.5 Å². The van der Waals surface area contributed by atoms with E-state index in [2.05, 4.69) is 10.5 Å². The summed E-state index contributed by atoms with van der Waals surface area (Å²) < 4.78 is 5.38. The molecule has 1 heterocycles. The fourth-order valence-corrected chi connectivity index (χ4v) is 2.68. The van der Waals surface area contributed by atoms with Crippen LogP contribution in [0.15, 0.2) is 47.2 Å². The average molecular weight is 331 g/mol. The Kier molecular flexibility index (Phi) is 6.48. The first-order valence-electron chi connectivity index (χ1n) is 8.02. The largest absolute Gasteiger partial charge is 0.445 e. The molecule has 7 heteroatoms. The van der Waals surface area contributed by atoms with Gasteiger partial charge in [-0.05, 0) is 18.4 Å². The van der Waals surface area contributed by atoms with Crippen molar-refractivity contribution in [2.24, 2.45) is 22.5 Å². The van der Waals surface area contributed by atoms with E-state index in [1.54, 1.807) is 18.0 Å². The maximum Gasteiger partial charge on any atom is 0.410 e. The van der Waals surface area contributed by atoms with Gasteiger partial charge in [-0.1, -0.05) is 30.3 Å². The first-order chi connectivity index (χ1) is 11.6. The minimum absolute atomic E-state index is 0.0635. The third kappa shape index (κ3) is 5.19. The summed E-state index contributed by atoms with van der Waals surface area (Å²) in [5.74, 6) is 0.382. The van der Waals surface area contributed by atoms with Crippen LogP contribution in [0.1, 0.15) is 18.4 Å². The molecule has 1 saturated heterocycles. The van der Waals surface area contributed by atoms with Crippen LogP contribution in [-0.2, 0) is 11.3 Å². The molecule has 0 bridgehead atoms. The Bertz CT molecular complexity index is 600. The smallest absolute Gasteiger partial charge is 0.410 e. The van der Waals surface area contributed by atoms with Crippen molar-refractivity contribution in [1.82, 2.24) is 10.3 Å². The van der Waals surface area contributed by atoms with E-state index < -0.39 is 0 Å². The molecule has 0 aliphatic carbocycles. The molecule has 1 fully saturated rings. The summed E-state index contributed by atoms with van der Waals surface area (Å²) in [6, 6.07) is 9.62. The molecule has 1 aliphatic heterocycles. The van der Waals surface area contributed by atoms with Crippen molar-refractivity contribution < 1.29 is 9.53 Å². The van der Waals surface area contributed by atoms with Crippen molar-refractivity contribution in [3.05, 3.63) is 47.7 Å². The summed E-state index contributed by atoms with van der Waals surface area (Å²) in [6.07, 6.45) is 3.12. The third-order valence-electron chi connectivity index (χ3n) is 3.91. The summed E-state index contributed by atoms with van der Waals surface area (Å²) in [5, 5.41) is 3.86. The van der Waals surface area contributed by atoms with E-state index in [9.17, 15) is 4.79 Å². The third-order valence-corrected chi connectivity index (χ3v) is 3.91. The van der Waals surface area contributed by atoms with Gasteiger partial charge in [0.05, 0.1) is 0 Å². The van der Waals surface area contributed by atoms with Gasteiger partial charge in [0.2, 0.25) is 0 Å². The molecular weight excluding hydrogens is 306 g/mol. The number of nitrogens with one attached hydrogen (secondary N) is 1. The SMILES string of the molecule is CNN=C(N)C=C(N)C1CCCN(C(=O)OCc2ccccc2)C1. The first kappa shape index (κ1) is 17.7. The number of amides is 1. The van der Waals surface area contributed by atoms with Crippen LogP contribution in [0.3, 0.4) is 0 Å². The van der Waals surface area contributed by atoms with Gasteiger partial charge in [0, 0.05) is 37.8 Å². The van der Waals surface area contributed by atoms with E-state index >= 15 is 0 Å². The number of carbonyl (C=O) groups excluding carboxylic acids is 1. The highest BCUT2D eigenvalue weighted by atomic mass is 16.6. The highest BCUT2D eigenvalue weighted by Crippen LogP contribution is 2.21. The number of hydrazone groups is 1. The Morgan fingerprint density at radius 1 is 1.42 bits per heavy atom. The molecule has 130 valence electrons. The fraction of sp³-hybridized carbons (Fsp3) is 0.412. The molecule has 0 radical (unpaired) electrons. The number of amidine groups is 1. The van der Waals surface area contributed by atoms with Gasteiger partial charge in [0.15, 0.2) is 0 Å². The Labute approximate surface area is 142 Å². The number of carbonyl (C=O) groups is 1. The van der Waals surface area contributed by atoms with Gasteiger partial charge in [-0.2, -0.15) is 5.10 Å². The minimum Gasteiger partial charge on any atom is -0.445 e. The number of rotatable bonds is 5. The summed E-state index contributed by atoms with van der Waals surface area (Å²) in [4.78, 5) is 13.9. The number of piperidine rings is 1. The molecule has 24 heavy (non-hydrogen) atoms. The lowest BCUT2D eigenvalue weighted by atomic mass is 9.95. The lowest BCUT2D eigenvalue weighted by Crippen LogP contribution is -2.41. The Morgan fingerprint density at radius 2 is 2.17 bits per heavy atom. The van der Waals surface area contributed by atoms with Gasteiger partial charge in [0.1, 0.15) is 12.4 Å². The Morgan fingerprint density at radius 3 is 2.88 bits per heavy atom. The average Bonchev–Trinajstić information content (AvgIpc) is 2.61. The quantitative estimate of drug-likeness (QED) is 0.429. The van der Waals surface area contributed by atoms with Gasteiger partial charge in [0.25, 0.3) is 0 Å². The zero-order chi connectivity index (χ0) is 17.4. The van der Waals surface area contributed by atoms with E-state index in [0.29, 0.717) is 24.6 Å². The molecule has 1 unspecified atom stereocenters. The van der Waals surface area contributed by atoms with E-state index in [0.717, 1.165) is 18.4 Å². The second-order valence-electron chi connectivity index (χ2n) is 5.73. The van der Waals surface area contributed by atoms with Crippen LogP contribution in [0.5, 0.6) is 0 Å². The van der Waals surface area contributed by atoms with Crippen LogP contribution in [0, 0.1) is 5.92 Å². The number of likely N-dealkylation sites (tertiary alicyclic amines) is 1. The van der Waals surface area contributed by atoms with Crippen molar-refractivity contribution in [2.45, 2.75) is 19.4 Å². The molecule has 7 nitrogen and oxygen atoms in total. The predicted molar refractivity (Wildman–Crippen MR) is 93.9 cm³/mol. The number of nitrogens with two attached hydrogens (primary N) is 2. The molecule has 1 aromatic rings. The van der Waals surface area contributed by atoms with Crippen molar-refractivity contribution >= 4 is 11.9 Å². The number of ether oxygens (including phenoxy) is 1. The fourth-order valence-electron chi connectivity index (χ4n) is 2.68. The van der Waals surface area contributed by atoms with Crippen LogP contribution in [0.4, 0.5) is 4.79 Å². The second kappa shape index (κ2) is 8.81. The van der Waals surface area contributed by atoms with Gasteiger partial charge in [-0.25, -0.2) is 4.79 Å². The van der Waals surface area contributed by atoms with Crippen LogP contribution in [0.2, 0.25) is 0 Å². The summed E-state index contributed by atoms with van der Waals surface area (Å²) in [5.41, 5.74) is 16.0. The molecule has 5 N–H and O–H groups in total. The van der Waals surface area contributed by atoms with E-state index in [1.807, 2.05) is 30.3 Å². The Hall–Kier alpha value is -2.70. The molecule has 1 amide bonds. The standard InChI is InChI=1S/C17H25N5O2/c1-20-21-16(19)10-15(18)14-8-5-9-22(11-14)17(23)24-12-13-6-3-2-4-7-13/h2-4,6-7,10,14,20H,5,8-9,11-12,18H2,1H3,(H2,19,21). The highest BCUT2D eigenvalue weighted by Gasteiger charge is 2.26. The zero-order valence-corrected chi connectivity index (χ0v) is 13.9. The highest BCUT2D eigenvalue weighted by molar-refractivity contribution is 5.91. The van der Waals surface area contributed by atoms with Crippen LogP contribution >= 0.6 is 0 Å². The van der Waals surface area contributed by atoms with Crippen molar-refractivity contribution in [1.29, 1.82) is 0 Å². The number of nitrogens with zero attached hydrogens (tertiary/aromatic N) is 2. The lowest BCUT2D eigenvalue weighted by Gasteiger charge is -2.32. The minimum atomic E-state index is -0.312. The molecule has 0 saturated carbocycles. The number of hydrogen-bond donors (Lipinski definition) is 3. The monoisotopic (exact) mass is 331 g/mol. The van der Waals surface area contributed by atoms with Crippen LogP contribution < -0.4 is 16.9 Å². The van der Waals surface area contributed by atoms with E-state index in [4.69, 9.17) is 16.2 Å². The normalized spacial score (nSPS) is 19.0. The molecular formula is C17H25N5O2. The topological polar surface area (TPSA) is 106 Å². The van der Waals surface area contributed by atoms with Gasteiger partial charge >= 0.3 is 6.09 Å². The van der Waals surface area contributed by atoms with E-state index in [1.165, 1.54) is 0 Å². The lowest BCUT2D eigenvalue weighted by molar-refractivity contribution is 0.0825. The predicted octanol–water partition coefficient (Wildman–Crippen LogP) is 1.37. The van der Waals surface area contributed by atoms with E-state index in [-0.39, 0.29) is 18.6 Å². The Balaban J connectivity index is 1.90. The molecule has 1 aromatic carbocycles. The molecule has 2 rings (SSSR count). The van der Waals surface area contributed by atoms with Gasteiger partial charge in [-0.15, -0.1) is 0 Å². The van der Waals surface area contributed by atoms with Crippen molar-refractivity contribution in [3.8, 4) is 0 Å². The maximum absolute atomic E-state index is 12.2. The van der Waals surface area contributed by atoms with Crippen molar-refractivity contribution in [3.63, 3.8) is 0 Å². The van der Waals surface area contributed by atoms with Crippen molar-refractivity contribution in [2.75, 3.05) is 20.1 Å². The summed E-state index contributed by atoms with van der Waals surface area (Å²) >= 11 is 0. The zero-order valence-electron chi connectivity index (χ0n) is 13.9. The summed E-state index contributed by atoms with van der Waals surface area (Å²) in [6.45, 7) is 1.48. The molecule has 1 atom stereocenters.